The first-order chi connectivity index (χ1) is 12.4. The molecule has 1 amide bonds. The lowest BCUT2D eigenvalue weighted by Gasteiger charge is -2.26. The van der Waals surface area contributed by atoms with Crippen LogP contribution >= 0.6 is 34.5 Å². The molecule has 140 valence electrons. The number of nitrogens with zero attached hydrogens (tertiary/aromatic N) is 3. The molecule has 0 spiro atoms. The predicted molar refractivity (Wildman–Crippen MR) is 110 cm³/mol. The van der Waals surface area contributed by atoms with Crippen molar-refractivity contribution in [3.8, 4) is 10.6 Å². The van der Waals surface area contributed by atoms with E-state index in [9.17, 15) is 4.79 Å². The Bertz CT molecular complexity index is 804. The fourth-order valence-corrected chi connectivity index (χ4v) is 5.11. The number of likely N-dealkylation sites (N-methyl/N-ethyl adjacent to an activating group) is 1. The van der Waals surface area contributed by atoms with Gasteiger partial charge in [-0.15, -0.1) is 11.3 Å². The maximum absolute atomic E-state index is 13.0. The molecule has 1 saturated heterocycles. The Kier molecular flexibility index (Phi) is 6.23. The summed E-state index contributed by atoms with van der Waals surface area (Å²) in [6.07, 6.45) is 1.03. The Morgan fingerprint density at radius 1 is 1.35 bits per heavy atom. The van der Waals surface area contributed by atoms with Crippen molar-refractivity contribution in [2.75, 3.05) is 26.2 Å². The molecular formula is C19H23Cl2N3OS. The van der Waals surface area contributed by atoms with Crippen LogP contribution in [0.1, 0.15) is 35.6 Å². The van der Waals surface area contributed by atoms with Crippen molar-refractivity contribution in [2.24, 2.45) is 0 Å². The molecule has 1 unspecified atom stereocenters. The van der Waals surface area contributed by atoms with Crippen molar-refractivity contribution in [1.82, 2.24) is 14.8 Å². The molecule has 1 aliphatic rings. The molecule has 0 bridgehead atoms. The van der Waals surface area contributed by atoms with E-state index < -0.39 is 0 Å². The summed E-state index contributed by atoms with van der Waals surface area (Å²) in [5.41, 5.74) is 1.57. The van der Waals surface area contributed by atoms with Crippen LogP contribution < -0.4 is 0 Å². The number of aromatic nitrogens is 1. The average molecular weight is 412 g/mol. The van der Waals surface area contributed by atoms with Gasteiger partial charge >= 0.3 is 0 Å². The first-order valence-corrected chi connectivity index (χ1v) is 10.5. The van der Waals surface area contributed by atoms with E-state index in [1.54, 1.807) is 12.1 Å². The third-order valence-electron chi connectivity index (χ3n) is 4.93. The third-order valence-corrected chi connectivity index (χ3v) is 6.66. The van der Waals surface area contributed by atoms with Crippen LogP contribution in [0.25, 0.3) is 10.6 Å². The van der Waals surface area contributed by atoms with Gasteiger partial charge in [-0.25, -0.2) is 4.98 Å². The SMILES string of the molecule is CCN(CC)C1CCN(C(=O)c2sc(-c3ccc(Cl)cc3Cl)nc2C)C1. The fraction of sp³-hybridized carbons (Fsp3) is 0.474. The van der Waals surface area contributed by atoms with Crippen molar-refractivity contribution in [3.63, 3.8) is 0 Å². The summed E-state index contributed by atoms with van der Waals surface area (Å²) < 4.78 is 0. The molecule has 0 radical (unpaired) electrons. The van der Waals surface area contributed by atoms with Gasteiger partial charge in [0.1, 0.15) is 9.88 Å². The van der Waals surface area contributed by atoms with Crippen LogP contribution in [0.5, 0.6) is 0 Å². The summed E-state index contributed by atoms with van der Waals surface area (Å²) in [4.78, 5) is 22.7. The van der Waals surface area contributed by atoms with E-state index in [-0.39, 0.29) is 5.91 Å². The van der Waals surface area contributed by atoms with Gasteiger partial charge in [-0.2, -0.15) is 0 Å². The number of hydrogen-bond donors (Lipinski definition) is 0. The minimum Gasteiger partial charge on any atom is -0.336 e. The minimum absolute atomic E-state index is 0.0750. The van der Waals surface area contributed by atoms with E-state index in [1.807, 2.05) is 17.9 Å². The second-order valence-corrected chi connectivity index (χ2v) is 8.32. The first-order valence-electron chi connectivity index (χ1n) is 8.90. The van der Waals surface area contributed by atoms with Gasteiger partial charge in [-0.05, 0) is 44.6 Å². The van der Waals surface area contributed by atoms with Gasteiger partial charge in [0.15, 0.2) is 0 Å². The molecule has 0 saturated carbocycles. The first kappa shape index (κ1) is 19.6. The van der Waals surface area contributed by atoms with Gasteiger partial charge < -0.3 is 4.90 Å². The zero-order valence-electron chi connectivity index (χ0n) is 15.3. The molecule has 2 heterocycles. The lowest BCUT2D eigenvalue weighted by atomic mass is 10.2. The lowest BCUT2D eigenvalue weighted by molar-refractivity contribution is 0.0782. The summed E-state index contributed by atoms with van der Waals surface area (Å²) in [6.45, 7) is 9.84. The monoisotopic (exact) mass is 411 g/mol. The standard InChI is InChI=1S/C19H23Cl2N3OS/c1-4-23(5-2)14-8-9-24(11-14)19(25)17-12(3)22-18(26-17)15-7-6-13(20)10-16(15)21/h6-7,10,14H,4-5,8-9,11H2,1-3H3. The number of amides is 1. The molecule has 0 N–H and O–H groups in total. The number of carbonyl (C=O) groups is 1. The second kappa shape index (κ2) is 8.26. The average Bonchev–Trinajstić information content (AvgIpc) is 3.23. The number of aryl methyl sites for hydroxylation is 1. The Hall–Kier alpha value is -1.14. The molecule has 26 heavy (non-hydrogen) atoms. The van der Waals surface area contributed by atoms with E-state index >= 15 is 0 Å². The van der Waals surface area contributed by atoms with Crippen LogP contribution in [-0.2, 0) is 0 Å². The van der Waals surface area contributed by atoms with E-state index in [0.717, 1.165) is 48.9 Å². The molecule has 1 fully saturated rings. The van der Waals surface area contributed by atoms with Gasteiger partial charge in [0, 0.05) is 29.7 Å². The molecular weight excluding hydrogens is 389 g/mol. The number of likely N-dealkylation sites (tertiary alicyclic amines) is 1. The van der Waals surface area contributed by atoms with Crippen molar-refractivity contribution < 1.29 is 4.79 Å². The molecule has 3 rings (SSSR count). The van der Waals surface area contributed by atoms with Crippen molar-refractivity contribution >= 4 is 40.4 Å². The van der Waals surface area contributed by atoms with Crippen LogP contribution in [0.4, 0.5) is 0 Å². The summed E-state index contributed by atoms with van der Waals surface area (Å²) >= 11 is 13.7. The lowest BCUT2D eigenvalue weighted by Crippen LogP contribution is -2.38. The van der Waals surface area contributed by atoms with Crippen LogP contribution in [0.3, 0.4) is 0 Å². The van der Waals surface area contributed by atoms with E-state index in [4.69, 9.17) is 23.2 Å². The Balaban J connectivity index is 1.80. The highest BCUT2D eigenvalue weighted by Gasteiger charge is 2.31. The topological polar surface area (TPSA) is 36.4 Å². The Morgan fingerprint density at radius 3 is 2.73 bits per heavy atom. The number of benzene rings is 1. The van der Waals surface area contributed by atoms with Crippen LogP contribution in [0.15, 0.2) is 18.2 Å². The summed E-state index contributed by atoms with van der Waals surface area (Å²) in [5.74, 6) is 0.0750. The van der Waals surface area contributed by atoms with E-state index in [1.165, 1.54) is 11.3 Å². The number of rotatable bonds is 5. The molecule has 4 nitrogen and oxygen atoms in total. The molecule has 1 aromatic carbocycles. The minimum atomic E-state index is 0.0750. The largest absolute Gasteiger partial charge is 0.336 e. The van der Waals surface area contributed by atoms with Gasteiger partial charge in [0.05, 0.1) is 10.7 Å². The Labute approximate surface area is 168 Å². The quantitative estimate of drug-likeness (QED) is 0.695. The zero-order valence-corrected chi connectivity index (χ0v) is 17.6. The van der Waals surface area contributed by atoms with Crippen molar-refractivity contribution in [2.45, 2.75) is 33.2 Å². The number of halogens is 2. The summed E-state index contributed by atoms with van der Waals surface area (Å²) in [5, 5.41) is 1.89. The molecule has 7 heteroatoms. The molecule has 2 aromatic rings. The Morgan fingerprint density at radius 2 is 2.08 bits per heavy atom. The van der Waals surface area contributed by atoms with E-state index in [2.05, 4.69) is 23.7 Å². The fourth-order valence-electron chi connectivity index (χ4n) is 3.48. The predicted octanol–water partition coefficient (Wildman–Crippen LogP) is 4.98. The maximum Gasteiger partial charge on any atom is 0.265 e. The van der Waals surface area contributed by atoms with Gasteiger partial charge in [-0.3, -0.25) is 9.69 Å². The van der Waals surface area contributed by atoms with Gasteiger partial charge in [-0.1, -0.05) is 37.0 Å². The van der Waals surface area contributed by atoms with Crippen LogP contribution in [0, 0.1) is 6.92 Å². The highest BCUT2D eigenvalue weighted by Crippen LogP contribution is 2.35. The number of carbonyl (C=O) groups excluding carboxylic acids is 1. The molecule has 1 aliphatic heterocycles. The molecule has 0 aliphatic carbocycles. The van der Waals surface area contributed by atoms with Crippen molar-refractivity contribution in [3.05, 3.63) is 38.8 Å². The van der Waals surface area contributed by atoms with Crippen LogP contribution in [-0.4, -0.2) is 52.9 Å². The second-order valence-electron chi connectivity index (χ2n) is 6.47. The normalized spacial score (nSPS) is 17.3. The van der Waals surface area contributed by atoms with Gasteiger partial charge in [0.25, 0.3) is 5.91 Å². The third kappa shape index (κ3) is 3.91. The highest BCUT2D eigenvalue weighted by molar-refractivity contribution is 7.17. The van der Waals surface area contributed by atoms with Crippen molar-refractivity contribution in [1.29, 1.82) is 0 Å². The van der Waals surface area contributed by atoms with Crippen LogP contribution in [0.2, 0.25) is 10.0 Å². The summed E-state index contributed by atoms with van der Waals surface area (Å²) in [7, 11) is 0. The zero-order chi connectivity index (χ0) is 18.8. The highest BCUT2D eigenvalue weighted by atomic mass is 35.5. The summed E-state index contributed by atoms with van der Waals surface area (Å²) in [6, 6.07) is 5.79. The molecule has 1 atom stereocenters. The number of hydrogen-bond acceptors (Lipinski definition) is 4. The molecule has 1 aromatic heterocycles. The number of thiazole rings is 1. The smallest absolute Gasteiger partial charge is 0.265 e. The van der Waals surface area contributed by atoms with E-state index in [0.29, 0.717) is 21.0 Å². The maximum atomic E-state index is 13.0. The van der Waals surface area contributed by atoms with Gasteiger partial charge in [0.2, 0.25) is 0 Å².